The Morgan fingerprint density at radius 2 is 1.75 bits per heavy atom. The van der Waals surface area contributed by atoms with Gasteiger partial charge in [0.05, 0.1) is 19.3 Å². The molecule has 3 aromatic carbocycles. The lowest BCUT2D eigenvalue weighted by Crippen LogP contribution is -2.29. The first kappa shape index (κ1) is 21.7. The molecule has 3 aromatic rings. The summed E-state index contributed by atoms with van der Waals surface area (Å²) in [6.07, 6.45) is 3.95. The lowest BCUT2D eigenvalue weighted by molar-refractivity contribution is -0.116. The van der Waals surface area contributed by atoms with Crippen LogP contribution in [0.3, 0.4) is 0 Å². The number of rotatable bonds is 3. The second-order valence-corrected chi connectivity index (χ2v) is 7.95. The Balaban J connectivity index is 1.93. The highest BCUT2D eigenvalue weighted by molar-refractivity contribution is 6.31. The van der Waals surface area contributed by atoms with E-state index in [9.17, 15) is 9.59 Å². The summed E-state index contributed by atoms with van der Waals surface area (Å²) in [5.41, 5.74) is 5.65. The van der Waals surface area contributed by atoms with Crippen molar-refractivity contribution in [3.05, 3.63) is 81.9 Å². The maximum atomic E-state index is 12.6. The van der Waals surface area contributed by atoms with E-state index in [-0.39, 0.29) is 11.8 Å². The highest BCUT2D eigenvalue weighted by Crippen LogP contribution is 2.38. The number of halogens is 1. The molecular weight excluding hydrogens is 424 g/mol. The number of nitrogens with one attached hydrogen (secondary N) is 1. The van der Waals surface area contributed by atoms with E-state index >= 15 is 0 Å². The molecule has 0 unspecified atom stereocenters. The van der Waals surface area contributed by atoms with Crippen LogP contribution in [0.5, 0.6) is 5.75 Å². The third-order valence-corrected chi connectivity index (χ3v) is 5.82. The van der Waals surface area contributed by atoms with Crippen molar-refractivity contribution in [1.82, 2.24) is 5.32 Å². The second kappa shape index (κ2) is 8.89. The van der Waals surface area contributed by atoms with Crippen molar-refractivity contribution >= 4 is 41.3 Å². The van der Waals surface area contributed by atoms with Gasteiger partial charge in [0.1, 0.15) is 5.75 Å². The van der Waals surface area contributed by atoms with Crippen molar-refractivity contribution in [3.63, 3.8) is 0 Å². The molecule has 0 bridgehead atoms. The lowest BCUT2D eigenvalue weighted by atomic mass is 9.92. The third-order valence-electron chi connectivity index (χ3n) is 5.58. The first-order valence-corrected chi connectivity index (χ1v) is 10.6. The molecule has 162 valence electrons. The monoisotopic (exact) mass is 446 g/mol. The van der Waals surface area contributed by atoms with E-state index in [1.54, 1.807) is 38.1 Å². The molecule has 0 saturated heterocycles. The van der Waals surface area contributed by atoms with Gasteiger partial charge in [-0.15, -0.1) is 0 Å². The molecule has 5 nitrogen and oxygen atoms in total. The number of carbonyl (C=O) groups excluding carboxylic acids is 2. The minimum atomic E-state index is -0.175. The average molecular weight is 447 g/mol. The van der Waals surface area contributed by atoms with Crippen LogP contribution in [-0.4, -0.2) is 26.0 Å². The predicted octanol–water partition coefficient (Wildman–Crippen LogP) is 5.41. The molecule has 1 heterocycles. The number of amides is 2. The number of benzene rings is 3. The van der Waals surface area contributed by atoms with Gasteiger partial charge in [-0.05, 0) is 58.7 Å². The van der Waals surface area contributed by atoms with Gasteiger partial charge in [0.2, 0.25) is 5.91 Å². The van der Waals surface area contributed by atoms with Crippen molar-refractivity contribution in [2.24, 2.45) is 0 Å². The van der Waals surface area contributed by atoms with E-state index in [2.05, 4.69) is 5.32 Å². The lowest BCUT2D eigenvalue weighted by Gasteiger charge is -2.27. The van der Waals surface area contributed by atoms with Crippen LogP contribution in [0, 0.1) is 0 Å². The minimum Gasteiger partial charge on any atom is -0.496 e. The maximum Gasteiger partial charge on any atom is 0.251 e. The van der Waals surface area contributed by atoms with Crippen LogP contribution >= 0.6 is 11.6 Å². The van der Waals surface area contributed by atoms with Gasteiger partial charge < -0.3 is 15.0 Å². The zero-order valence-electron chi connectivity index (χ0n) is 18.1. The standard InChI is InChI=1S/C26H23ClN2O3/c1-16(30)29-15-19-13-23(21-6-4-5-7-22(21)26(31)28-2)25(32-3)14-17(19)8-9-18-12-20(27)10-11-24(18)29/h4-14H,15H2,1-3H3,(H,28,31)/b9-8-. The van der Waals surface area contributed by atoms with E-state index < -0.39 is 0 Å². The van der Waals surface area contributed by atoms with Gasteiger partial charge in [0.25, 0.3) is 5.91 Å². The molecule has 2 amide bonds. The Kier molecular flexibility index (Phi) is 6.01. The van der Waals surface area contributed by atoms with Gasteiger partial charge in [0, 0.05) is 30.1 Å². The van der Waals surface area contributed by atoms with Gasteiger partial charge in [-0.3, -0.25) is 9.59 Å². The van der Waals surface area contributed by atoms with Crippen molar-refractivity contribution in [2.75, 3.05) is 19.1 Å². The molecule has 32 heavy (non-hydrogen) atoms. The SMILES string of the molecule is CNC(=O)c1ccccc1-c1cc2c(cc1OC)/C=C\c1cc(Cl)ccc1N(C(C)=O)C2. The summed E-state index contributed by atoms with van der Waals surface area (Å²) in [6.45, 7) is 1.93. The average Bonchev–Trinajstić information content (AvgIpc) is 2.79. The molecule has 0 saturated carbocycles. The van der Waals surface area contributed by atoms with E-state index in [0.717, 1.165) is 33.5 Å². The Hall–Kier alpha value is -3.57. The van der Waals surface area contributed by atoms with Crippen LogP contribution in [0.4, 0.5) is 5.69 Å². The van der Waals surface area contributed by atoms with E-state index in [0.29, 0.717) is 22.9 Å². The largest absolute Gasteiger partial charge is 0.496 e. The number of nitrogens with zero attached hydrogens (tertiary/aromatic N) is 1. The molecule has 0 spiro atoms. The molecule has 0 aliphatic carbocycles. The molecule has 6 heteroatoms. The van der Waals surface area contributed by atoms with Gasteiger partial charge in [-0.2, -0.15) is 0 Å². The van der Waals surface area contributed by atoms with E-state index in [1.165, 1.54) is 0 Å². The Bertz CT molecular complexity index is 1250. The van der Waals surface area contributed by atoms with Crippen molar-refractivity contribution in [1.29, 1.82) is 0 Å². The second-order valence-electron chi connectivity index (χ2n) is 7.52. The van der Waals surface area contributed by atoms with Gasteiger partial charge in [0.15, 0.2) is 0 Å². The molecule has 0 aromatic heterocycles. The summed E-state index contributed by atoms with van der Waals surface area (Å²) in [6, 6.07) is 16.8. The van der Waals surface area contributed by atoms with Crippen molar-refractivity contribution < 1.29 is 14.3 Å². The maximum absolute atomic E-state index is 12.6. The molecular formula is C26H23ClN2O3. The topological polar surface area (TPSA) is 58.6 Å². The summed E-state index contributed by atoms with van der Waals surface area (Å²) in [7, 11) is 3.22. The van der Waals surface area contributed by atoms with Gasteiger partial charge in [-0.25, -0.2) is 0 Å². The zero-order valence-corrected chi connectivity index (χ0v) is 18.9. The highest BCUT2D eigenvalue weighted by atomic mass is 35.5. The highest BCUT2D eigenvalue weighted by Gasteiger charge is 2.22. The van der Waals surface area contributed by atoms with Crippen LogP contribution in [0.1, 0.15) is 34.0 Å². The molecule has 1 N–H and O–H groups in total. The van der Waals surface area contributed by atoms with E-state index in [1.807, 2.05) is 54.6 Å². The Labute approximate surface area is 192 Å². The number of carbonyl (C=O) groups is 2. The van der Waals surface area contributed by atoms with Crippen molar-refractivity contribution in [3.8, 4) is 16.9 Å². The van der Waals surface area contributed by atoms with Crippen LogP contribution in [0.15, 0.2) is 54.6 Å². The number of ether oxygens (including phenoxy) is 1. The first-order chi connectivity index (χ1) is 15.4. The molecule has 0 radical (unpaired) electrons. The quantitative estimate of drug-likeness (QED) is 0.585. The molecule has 1 aliphatic rings. The number of hydrogen-bond donors (Lipinski definition) is 1. The van der Waals surface area contributed by atoms with Gasteiger partial charge >= 0.3 is 0 Å². The summed E-state index contributed by atoms with van der Waals surface area (Å²) in [4.78, 5) is 26.8. The van der Waals surface area contributed by atoms with Crippen LogP contribution < -0.4 is 15.0 Å². The summed E-state index contributed by atoms with van der Waals surface area (Å²) in [5, 5.41) is 3.30. The number of hydrogen-bond acceptors (Lipinski definition) is 3. The Morgan fingerprint density at radius 3 is 2.47 bits per heavy atom. The summed E-state index contributed by atoms with van der Waals surface area (Å²) >= 11 is 6.20. The van der Waals surface area contributed by atoms with Crippen LogP contribution in [0.25, 0.3) is 23.3 Å². The number of anilines is 1. The summed E-state index contributed by atoms with van der Waals surface area (Å²) < 4.78 is 5.70. The fourth-order valence-corrected chi connectivity index (χ4v) is 4.16. The van der Waals surface area contributed by atoms with Crippen LogP contribution in [0.2, 0.25) is 5.02 Å². The minimum absolute atomic E-state index is 0.0713. The Morgan fingerprint density at radius 1 is 1.00 bits per heavy atom. The zero-order chi connectivity index (χ0) is 22.8. The number of fused-ring (bicyclic) bond motifs is 2. The smallest absolute Gasteiger partial charge is 0.251 e. The third kappa shape index (κ3) is 3.99. The molecule has 0 fully saturated rings. The molecule has 0 atom stereocenters. The normalized spacial score (nSPS) is 13.3. The summed E-state index contributed by atoms with van der Waals surface area (Å²) in [5.74, 6) is 0.398. The number of methoxy groups -OCH3 is 1. The first-order valence-electron chi connectivity index (χ1n) is 10.2. The van der Waals surface area contributed by atoms with Crippen LogP contribution in [-0.2, 0) is 11.3 Å². The van der Waals surface area contributed by atoms with Gasteiger partial charge in [-0.1, -0.05) is 42.0 Å². The van der Waals surface area contributed by atoms with Crippen molar-refractivity contribution in [2.45, 2.75) is 13.5 Å². The fraction of sp³-hybridized carbons (Fsp3) is 0.154. The molecule has 1 aliphatic heterocycles. The predicted molar refractivity (Wildman–Crippen MR) is 129 cm³/mol. The fourth-order valence-electron chi connectivity index (χ4n) is 3.98. The molecule has 4 rings (SSSR count). The van der Waals surface area contributed by atoms with E-state index in [4.69, 9.17) is 16.3 Å².